The second kappa shape index (κ2) is 11.4. The standard InChI is InChI=1S/C36H26N6/c1-7-25(31-13-4-16-37-22-31)19-28(10-1)34-40-35(29-11-2-8-26(20-29)32-14-5-17-38-23-32)42-36(41-34)30-12-3-9-27(21-30)33-15-6-18-39-24-33/h1-23,39H,24H2. The van der Waals surface area contributed by atoms with Crippen LogP contribution in [0.3, 0.4) is 0 Å². The predicted octanol–water partition coefficient (Wildman–Crippen LogP) is 7.50. The minimum absolute atomic E-state index is 0.611. The molecule has 6 nitrogen and oxygen atoms in total. The van der Waals surface area contributed by atoms with Crippen LogP contribution in [0.25, 0.3) is 62.0 Å². The summed E-state index contributed by atoms with van der Waals surface area (Å²) in [5.74, 6) is 1.84. The highest BCUT2D eigenvalue weighted by Gasteiger charge is 2.15. The summed E-state index contributed by atoms with van der Waals surface area (Å²) in [6.45, 7) is 0.774. The van der Waals surface area contributed by atoms with Crippen LogP contribution in [-0.2, 0) is 0 Å². The quantitative estimate of drug-likeness (QED) is 0.235. The lowest BCUT2D eigenvalue weighted by molar-refractivity contribution is 0.986. The number of dihydropyridines is 1. The fourth-order valence-electron chi connectivity index (χ4n) is 5.02. The van der Waals surface area contributed by atoms with Crippen LogP contribution < -0.4 is 5.32 Å². The lowest BCUT2D eigenvalue weighted by atomic mass is 10.0. The zero-order valence-electron chi connectivity index (χ0n) is 22.7. The molecular weight excluding hydrogens is 516 g/mol. The van der Waals surface area contributed by atoms with Gasteiger partial charge in [0, 0.05) is 59.1 Å². The molecule has 0 saturated carbocycles. The van der Waals surface area contributed by atoms with E-state index in [1.54, 1.807) is 12.4 Å². The molecule has 0 amide bonds. The summed E-state index contributed by atoms with van der Waals surface area (Å²) in [5.41, 5.74) is 9.26. The van der Waals surface area contributed by atoms with E-state index in [9.17, 15) is 0 Å². The van der Waals surface area contributed by atoms with Gasteiger partial charge >= 0.3 is 0 Å². The van der Waals surface area contributed by atoms with Gasteiger partial charge in [0.15, 0.2) is 17.5 Å². The Morgan fingerprint density at radius 1 is 0.476 bits per heavy atom. The Bertz CT molecular complexity index is 1830. The van der Waals surface area contributed by atoms with Crippen molar-refractivity contribution in [1.82, 2.24) is 30.2 Å². The third-order valence-corrected chi connectivity index (χ3v) is 7.16. The van der Waals surface area contributed by atoms with Gasteiger partial charge in [0.1, 0.15) is 0 Å². The Kier molecular flexibility index (Phi) is 6.84. The van der Waals surface area contributed by atoms with Crippen LogP contribution >= 0.6 is 0 Å². The van der Waals surface area contributed by atoms with Crippen molar-refractivity contribution < 1.29 is 0 Å². The average molecular weight is 543 g/mol. The fraction of sp³-hybridized carbons (Fsp3) is 0.0278. The molecule has 0 bridgehead atoms. The van der Waals surface area contributed by atoms with Crippen LogP contribution in [0, 0.1) is 0 Å². The number of aromatic nitrogens is 5. The van der Waals surface area contributed by atoms with E-state index in [1.165, 1.54) is 5.57 Å². The minimum Gasteiger partial charge on any atom is -0.387 e. The Morgan fingerprint density at radius 2 is 0.929 bits per heavy atom. The summed E-state index contributed by atoms with van der Waals surface area (Å²) < 4.78 is 0. The molecule has 0 fully saturated rings. The maximum atomic E-state index is 5.00. The van der Waals surface area contributed by atoms with Crippen LogP contribution in [0.15, 0.2) is 140 Å². The number of pyridine rings is 2. The van der Waals surface area contributed by atoms with Crippen LogP contribution in [-0.4, -0.2) is 31.5 Å². The topological polar surface area (TPSA) is 76.5 Å². The number of hydrogen-bond donors (Lipinski definition) is 1. The SMILES string of the molecule is C1=CNCC(c2cccc(-c3nc(-c4cccc(-c5cccnc5)c4)nc(-c4cccc(-c5cccnc5)c4)n3)c2)=C1. The van der Waals surface area contributed by atoms with Crippen LogP contribution in [0.4, 0.5) is 0 Å². The largest absolute Gasteiger partial charge is 0.387 e. The van der Waals surface area contributed by atoms with Gasteiger partial charge in [0.25, 0.3) is 0 Å². The second-order valence-electron chi connectivity index (χ2n) is 9.96. The molecule has 3 aromatic carbocycles. The highest BCUT2D eigenvalue weighted by molar-refractivity contribution is 5.76. The van der Waals surface area contributed by atoms with E-state index in [4.69, 9.17) is 15.0 Å². The van der Waals surface area contributed by atoms with Gasteiger partial charge in [-0.2, -0.15) is 0 Å². The van der Waals surface area contributed by atoms with Crippen LogP contribution in [0.5, 0.6) is 0 Å². The molecule has 0 aliphatic carbocycles. The summed E-state index contributed by atoms with van der Waals surface area (Å²) >= 11 is 0. The summed E-state index contributed by atoms with van der Waals surface area (Å²) in [4.78, 5) is 23.6. The van der Waals surface area contributed by atoms with Gasteiger partial charge in [-0.3, -0.25) is 9.97 Å². The summed E-state index contributed by atoms with van der Waals surface area (Å²) in [5, 5.41) is 3.29. The smallest absolute Gasteiger partial charge is 0.164 e. The highest BCUT2D eigenvalue weighted by atomic mass is 15.0. The van der Waals surface area contributed by atoms with Crippen molar-refractivity contribution in [3.63, 3.8) is 0 Å². The first-order valence-corrected chi connectivity index (χ1v) is 13.8. The van der Waals surface area contributed by atoms with E-state index < -0.39 is 0 Å². The molecule has 1 aliphatic rings. The van der Waals surface area contributed by atoms with E-state index in [-0.39, 0.29) is 0 Å². The van der Waals surface area contributed by atoms with E-state index in [0.717, 1.165) is 51.1 Å². The van der Waals surface area contributed by atoms with Crippen LogP contribution in [0.1, 0.15) is 5.56 Å². The fourth-order valence-corrected chi connectivity index (χ4v) is 5.02. The molecule has 0 atom stereocenters. The number of rotatable bonds is 6. The van der Waals surface area contributed by atoms with Gasteiger partial charge in [-0.15, -0.1) is 0 Å². The monoisotopic (exact) mass is 542 g/mol. The van der Waals surface area contributed by atoms with Gasteiger partial charge in [-0.25, -0.2) is 15.0 Å². The molecule has 42 heavy (non-hydrogen) atoms. The molecule has 1 aliphatic heterocycles. The molecule has 6 heteroatoms. The lowest BCUT2D eigenvalue weighted by Crippen LogP contribution is -2.11. The first kappa shape index (κ1) is 25.2. The first-order valence-electron chi connectivity index (χ1n) is 13.8. The second-order valence-corrected chi connectivity index (χ2v) is 9.96. The van der Waals surface area contributed by atoms with Gasteiger partial charge in [0.2, 0.25) is 0 Å². The van der Waals surface area contributed by atoms with Crippen molar-refractivity contribution in [3.05, 3.63) is 146 Å². The maximum Gasteiger partial charge on any atom is 0.164 e. The zero-order valence-corrected chi connectivity index (χ0v) is 22.7. The summed E-state index contributed by atoms with van der Waals surface area (Å²) in [7, 11) is 0. The normalized spacial score (nSPS) is 12.4. The number of hydrogen-bond acceptors (Lipinski definition) is 6. The first-order chi connectivity index (χ1) is 20.8. The van der Waals surface area contributed by atoms with Crippen LogP contribution in [0.2, 0.25) is 0 Å². The molecule has 3 aromatic heterocycles. The van der Waals surface area contributed by atoms with E-state index >= 15 is 0 Å². The lowest BCUT2D eigenvalue weighted by Gasteiger charge is -2.13. The predicted molar refractivity (Wildman–Crippen MR) is 168 cm³/mol. The molecule has 6 aromatic rings. The third kappa shape index (κ3) is 5.33. The van der Waals surface area contributed by atoms with Crippen molar-refractivity contribution >= 4 is 5.57 Å². The van der Waals surface area contributed by atoms with Gasteiger partial charge in [0.05, 0.1) is 0 Å². The number of benzene rings is 3. The molecule has 0 unspecified atom stereocenters. The van der Waals surface area contributed by atoms with E-state index in [1.807, 2.05) is 61.1 Å². The van der Waals surface area contributed by atoms with E-state index in [2.05, 4.69) is 82.0 Å². The maximum absolute atomic E-state index is 5.00. The van der Waals surface area contributed by atoms with Crippen molar-refractivity contribution in [3.8, 4) is 56.4 Å². The molecule has 1 N–H and O–H groups in total. The summed E-state index contributed by atoms with van der Waals surface area (Å²) in [6, 6.07) is 32.8. The summed E-state index contributed by atoms with van der Waals surface area (Å²) in [6.07, 6.45) is 13.4. The molecule has 0 spiro atoms. The molecule has 0 saturated heterocycles. The Morgan fingerprint density at radius 3 is 1.38 bits per heavy atom. The number of nitrogens with zero attached hydrogens (tertiary/aromatic N) is 5. The van der Waals surface area contributed by atoms with E-state index in [0.29, 0.717) is 17.5 Å². The molecule has 4 heterocycles. The molecule has 0 radical (unpaired) electrons. The van der Waals surface area contributed by atoms with Crippen molar-refractivity contribution in [2.75, 3.05) is 6.54 Å². The molecule has 200 valence electrons. The van der Waals surface area contributed by atoms with Crippen molar-refractivity contribution in [1.29, 1.82) is 0 Å². The molecular formula is C36H26N6. The average Bonchev–Trinajstić information content (AvgIpc) is 3.09. The Balaban J connectivity index is 1.37. The van der Waals surface area contributed by atoms with Gasteiger partial charge in [-0.1, -0.05) is 72.8 Å². The molecule has 7 rings (SSSR count). The Hall–Kier alpha value is -5.75. The highest BCUT2D eigenvalue weighted by Crippen LogP contribution is 2.30. The third-order valence-electron chi connectivity index (χ3n) is 7.16. The zero-order chi connectivity index (χ0) is 28.1. The minimum atomic E-state index is 0.611. The van der Waals surface area contributed by atoms with Gasteiger partial charge in [-0.05, 0) is 64.9 Å². The number of nitrogens with one attached hydrogen (secondary N) is 1. The van der Waals surface area contributed by atoms with Crippen molar-refractivity contribution in [2.45, 2.75) is 0 Å². The van der Waals surface area contributed by atoms with Crippen molar-refractivity contribution in [2.24, 2.45) is 0 Å². The number of allylic oxidation sites excluding steroid dienone is 2. The Labute approximate surface area is 244 Å². The van der Waals surface area contributed by atoms with Gasteiger partial charge < -0.3 is 5.32 Å².